The molecule has 2 amide bonds. The summed E-state index contributed by atoms with van der Waals surface area (Å²) in [7, 11) is 0. The summed E-state index contributed by atoms with van der Waals surface area (Å²) in [5.74, 6) is 0.721. The van der Waals surface area contributed by atoms with Crippen LogP contribution in [-0.2, 0) is 9.59 Å². The zero-order chi connectivity index (χ0) is 18.6. The van der Waals surface area contributed by atoms with Gasteiger partial charge >= 0.3 is 0 Å². The van der Waals surface area contributed by atoms with Gasteiger partial charge < -0.3 is 10.6 Å². The van der Waals surface area contributed by atoms with Crippen molar-refractivity contribution in [1.29, 1.82) is 0 Å². The topological polar surface area (TPSA) is 58.2 Å². The van der Waals surface area contributed by atoms with E-state index < -0.39 is 0 Å². The van der Waals surface area contributed by atoms with Crippen molar-refractivity contribution in [2.24, 2.45) is 11.8 Å². The molecule has 1 aromatic rings. The predicted octanol–water partition coefficient (Wildman–Crippen LogP) is 4.47. The van der Waals surface area contributed by atoms with Gasteiger partial charge in [-0.2, -0.15) is 0 Å². The maximum absolute atomic E-state index is 12.5. The molecule has 0 radical (unpaired) electrons. The molecule has 25 heavy (non-hydrogen) atoms. The van der Waals surface area contributed by atoms with Crippen LogP contribution in [-0.4, -0.2) is 17.4 Å². The lowest BCUT2D eigenvalue weighted by molar-refractivity contribution is -0.129. The van der Waals surface area contributed by atoms with Crippen molar-refractivity contribution in [3.05, 3.63) is 29.8 Å². The molecule has 1 fully saturated rings. The highest BCUT2D eigenvalue weighted by Gasteiger charge is 2.31. The van der Waals surface area contributed by atoms with E-state index >= 15 is 0 Å². The van der Waals surface area contributed by atoms with E-state index in [-0.39, 0.29) is 29.2 Å². The van der Waals surface area contributed by atoms with Gasteiger partial charge in [-0.1, -0.05) is 26.0 Å². The lowest BCUT2D eigenvalue weighted by Crippen LogP contribution is -2.45. The molecule has 138 valence electrons. The number of carbonyl (C=O) groups is 2. The summed E-state index contributed by atoms with van der Waals surface area (Å²) < 4.78 is 0. The van der Waals surface area contributed by atoms with Crippen LogP contribution in [0.5, 0.6) is 0 Å². The molecule has 2 rings (SSSR count). The maximum Gasteiger partial charge on any atom is 0.227 e. The van der Waals surface area contributed by atoms with Gasteiger partial charge in [-0.3, -0.25) is 9.59 Å². The third-order valence-corrected chi connectivity index (χ3v) is 4.81. The molecule has 1 aliphatic rings. The van der Waals surface area contributed by atoms with Gasteiger partial charge in [0, 0.05) is 23.1 Å². The van der Waals surface area contributed by atoms with Crippen molar-refractivity contribution in [2.45, 2.75) is 71.8 Å². The van der Waals surface area contributed by atoms with Gasteiger partial charge in [-0.15, -0.1) is 0 Å². The molecule has 0 atom stereocenters. The first-order chi connectivity index (χ1) is 11.7. The number of nitrogens with one attached hydrogen (secondary N) is 2. The van der Waals surface area contributed by atoms with Crippen LogP contribution in [0.25, 0.3) is 0 Å². The minimum Gasteiger partial charge on any atom is -0.351 e. The van der Waals surface area contributed by atoms with Crippen LogP contribution < -0.4 is 10.6 Å². The summed E-state index contributed by atoms with van der Waals surface area (Å²) in [6.07, 6.45) is 3.12. The molecule has 0 aliphatic heterocycles. The third-order valence-electron chi connectivity index (χ3n) is 4.81. The normalized spacial score (nSPS) is 21.0. The van der Waals surface area contributed by atoms with E-state index in [1.165, 1.54) is 5.56 Å². The second kappa shape index (κ2) is 8.03. The number of anilines is 1. The smallest absolute Gasteiger partial charge is 0.227 e. The number of hydrogen-bond acceptors (Lipinski definition) is 2. The molecule has 1 aromatic carbocycles. The molecular weight excluding hydrogens is 312 g/mol. The van der Waals surface area contributed by atoms with Gasteiger partial charge in [0.15, 0.2) is 0 Å². The first kappa shape index (κ1) is 19.5. The maximum atomic E-state index is 12.5. The first-order valence-electron chi connectivity index (χ1n) is 9.38. The molecule has 4 nitrogen and oxygen atoms in total. The highest BCUT2D eigenvalue weighted by Crippen LogP contribution is 2.30. The average Bonchev–Trinajstić information content (AvgIpc) is 2.54. The molecule has 0 spiro atoms. The molecular formula is C21H32N2O2. The zero-order valence-corrected chi connectivity index (χ0v) is 16.2. The lowest BCUT2D eigenvalue weighted by atomic mass is 9.81. The van der Waals surface area contributed by atoms with Gasteiger partial charge in [0.2, 0.25) is 11.8 Å². The predicted molar refractivity (Wildman–Crippen MR) is 103 cm³/mol. The van der Waals surface area contributed by atoms with E-state index in [0.29, 0.717) is 5.92 Å². The lowest BCUT2D eigenvalue weighted by Gasteiger charge is -2.30. The summed E-state index contributed by atoms with van der Waals surface area (Å²) in [4.78, 5) is 24.7. The van der Waals surface area contributed by atoms with Gasteiger partial charge in [0.25, 0.3) is 0 Å². The fourth-order valence-corrected chi connectivity index (χ4v) is 3.29. The SMILES string of the molecule is CC(C)c1ccc(NC(=O)C2CCC(C(=O)NC(C)(C)C)CC2)cc1. The van der Waals surface area contributed by atoms with Crippen molar-refractivity contribution in [2.75, 3.05) is 5.32 Å². The Morgan fingerprint density at radius 3 is 1.84 bits per heavy atom. The van der Waals surface area contributed by atoms with E-state index in [9.17, 15) is 9.59 Å². The van der Waals surface area contributed by atoms with Crippen LogP contribution in [0.1, 0.15) is 71.8 Å². The Labute approximate surface area is 151 Å². The highest BCUT2D eigenvalue weighted by atomic mass is 16.2. The fourth-order valence-electron chi connectivity index (χ4n) is 3.29. The fraction of sp³-hybridized carbons (Fsp3) is 0.619. The minimum atomic E-state index is -0.201. The van der Waals surface area contributed by atoms with Crippen LogP contribution in [0.4, 0.5) is 5.69 Å². The number of carbonyl (C=O) groups excluding carboxylic acids is 2. The Bertz CT molecular complexity index is 591. The summed E-state index contributed by atoms with van der Waals surface area (Å²) in [5.41, 5.74) is 1.92. The third kappa shape index (κ3) is 5.87. The van der Waals surface area contributed by atoms with Crippen LogP contribution in [0.3, 0.4) is 0 Å². The van der Waals surface area contributed by atoms with Gasteiger partial charge in [0.05, 0.1) is 0 Å². The second-order valence-corrected chi connectivity index (χ2v) is 8.55. The second-order valence-electron chi connectivity index (χ2n) is 8.55. The summed E-state index contributed by atoms with van der Waals surface area (Å²) in [6.45, 7) is 10.3. The Morgan fingerprint density at radius 1 is 0.920 bits per heavy atom. The molecule has 0 aromatic heterocycles. The Kier molecular flexibility index (Phi) is 6.26. The molecule has 0 saturated heterocycles. The van der Waals surface area contributed by atoms with Crippen molar-refractivity contribution in [3.63, 3.8) is 0 Å². The van der Waals surface area contributed by atoms with Crippen molar-refractivity contribution < 1.29 is 9.59 Å². The quantitative estimate of drug-likeness (QED) is 0.846. The van der Waals surface area contributed by atoms with Gasteiger partial charge in [-0.25, -0.2) is 0 Å². The van der Waals surface area contributed by atoms with Crippen LogP contribution in [0, 0.1) is 11.8 Å². The van der Waals surface area contributed by atoms with Crippen LogP contribution in [0.15, 0.2) is 24.3 Å². The molecule has 0 heterocycles. The van der Waals surface area contributed by atoms with E-state index in [1.807, 2.05) is 32.9 Å². The van der Waals surface area contributed by atoms with Crippen molar-refractivity contribution in [3.8, 4) is 0 Å². The zero-order valence-electron chi connectivity index (χ0n) is 16.2. The van der Waals surface area contributed by atoms with E-state index in [2.05, 4.69) is 36.6 Å². The van der Waals surface area contributed by atoms with Gasteiger partial charge in [-0.05, 0) is 70.1 Å². The van der Waals surface area contributed by atoms with Crippen molar-refractivity contribution in [1.82, 2.24) is 5.32 Å². The molecule has 2 N–H and O–H groups in total. The van der Waals surface area contributed by atoms with E-state index in [1.54, 1.807) is 0 Å². The number of amides is 2. The number of hydrogen-bond donors (Lipinski definition) is 2. The van der Waals surface area contributed by atoms with Crippen LogP contribution in [0.2, 0.25) is 0 Å². The molecule has 4 heteroatoms. The van der Waals surface area contributed by atoms with Crippen molar-refractivity contribution >= 4 is 17.5 Å². The van der Waals surface area contributed by atoms with E-state index in [0.717, 1.165) is 31.4 Å². The first-order valence-corrected chi connectivity index (χ1v) is 9.38. The monoisotopic (exact) mass is 344 g/mol. The van der Waals surface area contributed by atoms with Gasteiger partial charge in [0.1, 0.15) is 0 Å². The average molecular weight is 344 g/mol. The number of rotatable bonds is 4. The standard InChI is InChI=1S/C21H32N2O2/c1-14(2)15-10-12-18(13-11-15)22-19(24)16-6-8-17(9-7-16)20(25)23-21(3,4)5/h10-14,16-17H,6-9H2,1-5H3,(H,22,24)(H,23,25). The Hall–Kier alpha value is -1.84. The van der Waals surface area contributed by atoms with Crippen LogP contribution >= 0.6 is 0 Å². The molecule has 1 saturated carbocycles. The summed E-state index contributed by atoms with van der Waals surface area (Å²) in [6, 6.07) is 8.06. The largest absolute Gasteiger partial charge is 0.351 e. The minimum absolute atomic E-state index is 0.00321. The molecule has 0 bridgehead atoms. The summed E-state index contributed by atoms with van der Waals surface area (Å²) in [5, 5.41) is 6.07. The molecule has 1 aliphatic carbocycles. The highest BCUT2D eigenvalue weighted by molar-refractivity contribution is 5.92. The molecule has 0 unspecified atom stereocenters. The summed E-state index contributed by atoms with van der Waals surface area (Å²) >= 11 is 0. The Balaban J connectivity index is 1.84. The van der Waals surface area contributed by atoms with E-state index in [4.69, 9.17) is 0 Å². The number of benzene rings is 1. The Morgan fingerprint density at radius 2 is 1.40 bits per heavy atom.